The van der Waals surface area contributed by atoms with Crippen molar-refractivity contribution in [3.63, 3.8) is 0 Å². The number of aryl methyl sites for hydroxylation is 1. The quantitative estimate of drug-likeness (QED) is 0.925. The van der Waals surface area contributed by atoms with Crippen LogP contribution in [0.2, 0.25) is 0 Å². The maximum Gasteiger partial charge on any atom is 0.228 e. The number of hydrogen-bond donors (Lipinski definition) is 1. The predicted molar refractivity (Wildman–Crippen MR) is 89.6 cm³/mol. The molecule has 126 valence electrons. The fourth-order valence-electron chi connectivity index (χ4n) is 6.93. The molecule has 23 heavy (non-hydrogen) atoms. The molecule has 4 aliphatic rings. The zero-order chi connectivity index (χ0) is 16.5. The molecule has 4 nitrogen and oxygen atoms in total. The number of aromatic nitrogens is 2. The molecule has 0 aromatic carbocycles. The molecule has 1 aromatic rings. The second kappa shape index (κ2) is 4.61. The van der Waals surface area contributed by atoms with Crippen LogP contribution in [-0.2, 0) is 11.3 Å². The molecule has 4 heteroatoms. The first kappa shape index (κ1) is 15.2. The lowest BCUT2D eigenvalue weighted by atomic mass is 9.40. The van der Waals surface area contributed by atoms with Crippen LogP contribution < -0.4 is 0 Å². The number of rotatable bonds is 3. The summed E-state index contributed by atoms with van der Waals surface area (Å²) >= 11 is 0. The van der Waals surface area contributed by atoms with E-state index in [1.807, 2.05) is 25.1 Å². The van der Waals surface area contributed by atoms with Gasteiger partial charge in [-0.05, 0) is 62.2 Å². The van der Waals surface area contributed by atoms with Gasteiger partial charge in [-0.1, -0.05) is 13.8 Å². The summed E-state index contributed by atoms with van der Waals surface area (Å²) in [5, 5.41) is 0. The Balaban J connectivity index is 1.58. The number of carbonyl (C=O) groups is 1. The van der Waals surface area contributed by atoms with Crippen LogP contribution in [0, 0.1) is 29.1 Å². The van der Waals surface area contributed by atoms with Gasteiger partial charge in [0.1, 0.15) is 5.82 Å². The summed E-state index contributed by atoms with van der Waals surface area (Å²) in [7, 11) is 1.95. The minimum absolute atomic E-state index is 0.112. The molecular formula is C19H29N3O. The van der Waals surface area contributed by atoms with Crippen molar-refractivity contribution in [2.75, 3.05) is 7.05 Å². The lowest BCUT2D eigenvalue weighted by Crippen LogP contribution is -2.59. The standard InChI is InChI=1S/C19H29N3O/c1-13-8-20-15(21-13)9-22(4)16(23)19-7-14-5-17(2,11-19)10-18(3,6-14)12-19/h8,14H,5-7,9-12H2,1-4H3,(H,20,21)/t14?,17-,18+,19?. The Morgan fingerprint density at radius 2 is 1.91 bits per heavy atom. The Kier molecular flexibility index (Phi) is 3.05. The van der Waals surface area contributed by atoms with Crippen molar-refractivity contribution in [3.8, 4) is 0 Å². The number of imidazole rings is 1. The number of nitrogens with zero attached hydrogens (tertiary/aromatic N) is 2. The molecule has 4 fully saturated rings. The summed E-state index contributed by atoms with van der Waals surface area (Å²) < 4.78 is 0. The smallest absolute Gasteiger partial charge is 0.228 e. The molecule has 1 aromatic heterocycles. The highest BCUT2D eigenvalue weighted by molar-refractivity contribution is 5.83. The van der Waals surface area contributed by atoms with Gasteiger partial charge in [0, 0.05) is 18.9 Å². The normalized spacial score (nSPS) is 41.3. The number of H-pyrrole nitrogens is 1. The van der Waals surface area contributed by atoms with Gasteiger partial charge >= 0.3 is 0 Å². The van der Waals surface area contributed by atoms with Gasteiger partial charge < -0.3 is 9.88 Å². The van der Waals surface area contributed by atoms with E-state index in [0.29, 0.717) is 23.3 Å². The molecule has 4 bridgehead atoms. The molecule has 4 aliphatic carbocycles. The molecular weight excluding hydrogens is 286 g/mol. The summed E-state index contributed by atoms with van der Waals surface area (Å²) in [6.07, 6.45) is 9.10. The van der Waals surface area contributed by atoms with Crippen molar-refractivity contribution in [2.24, 2.45) is 22.2 Å². The number of nitrogens with one attached hydrogen (secondary N) is 1. The molecule has 1 N–H and O–H groups in total. The number of hydrogen-bond acceptors (Lipinski definition) is 2. The summed E-state index contributed by atoms with van der Waals surface area (Å²) in [6, 6.07) is 0. The van der Waals surface area contributed by atoms with Crippen LogP contribution in [-0.4, -0.2) is 27.8 Å². The second-order valence-corrected chi connectivity index (χ2v) is 9.58. The van der Waals surface area contributed by atoms with Crippen LogP contribution >= 0.6 is 0 Å². The third kappa shape index (κ3) is 2.41. The minimum atomic E-state index is -0.112. The van der Waals surface area contributed by atoms with E-state index in [1.165, 1.54) is 19.3 Å². The van der Waals surface area contributed by atoms with Crippen LogP contribution in [0.15, 0.2) is 6.20 Å². The highest BCUT2D eigenvalue weighted by Gasteiger charge is 2.63. The van der Waals surface area contributed by atoms with Gasteiger partial charge in [0.05, 0.1) is 12.0 Å². The second-order valence-electron chi connectivity index (χ2n) is 9.58. The third-order valence-electron chi connectivity index (χ3n) is 6.57. The van der Waals surface area contributed by atoms with Crippen LogP contribution in [0.4, 0.5) is 0 Å². The molecule has 1 heterocycles. The summed E-state index contributed by atoms with van der Waals surface area (Å²) in [5.41, 5.74) is 1.70. The van der Waals surface area contributed by atoms with Gasteiger partial charge in [0.25, 0.3) is 0 Å². The Labute approximate surface area is 139 Å². The van der Waals surface area contributed by atoms with Gasteiger partial charge in [-0.15, -0.1) is 0 Å². The lowest BCUT2D eigenvalue weighted by molar-refractivity contribution is -0.178. The van der Waals surface area contributed by atoms with E-state index in [2.05, 4.69) is 23.8 Å². The summed E-state index contributed by atoms with van der Waals surface area (Å²) in [5.74, 6) is 2.00. The van der Waals surface area contributed by atoms with E-state index in [4.69, 9.17) is 0 Å². The number of carbonyl (C=O) groups excluding carboxylic acids is 1. The molecule has 0 aliphatic heterocycles. The topological polar surface area (TPSA) is 49.0 Å². The van der Waals surface area contributed by atoms with Crippen LogP contribution in [0.25, 0.3) is 0 Å². The molecule has 4 atom stereocenters. The van der Waals surface area contributed by atoms with E-state index >= 15 is 0 Å². The van der Waals surface area contributed by atoms with Crippen molar-refractivity contribution in [1.82, 2.24) is 14.9 Å². The van der Waals surface area contributed by atoms with Crippen molar-refractivity contribution < 1.29 is 4.79 Å². The third-order valence-corrected chi connectivity index (χ3v) is 6.57. The van der Waals surface area contributed by atoms with E-state index in [9.17, 15) is 4.79 Å². The highest BCUT2D eigenvalue weighted by atomic mass is 16.2. The first-order valence-electron chi connectivity index (χ1n) is 8.97. The van der Waals surface area contributed by atoms with E-state index in [-0.39, 0.29) is 5.41 Å². The SMILES string of the molecule is Cc1cnc(CN(C)C(=O)C23CC4C[C@@](C)(C2)C[C@](C)(C4)C3)[nH]1. The monoisotopic (exact) mass is 315 g/mol. The maximum atomic E-state index is 13.4. The molecule has 4 saturated carbocycles. The van der Waals surface area contributed by atoms with Crippen LogP contribution in [0.1, 0.15) is 63.9 Å². The molecule has 0 spiro atoms. The fourth-order valence-corrected chi connectivity index (χ4v) is 6.93. The Morgan fingerprint density at radius 1 is 1.26 bits per heavy atom. The lowest BCUT2D eigenvalue weighted by Gasteiger charge is -2.65. The maximum absolute atomic E-state index is 13.4. The van der Waals surface area contributed by atoms with Crippen molar-refractivity contribution in [1.29, 1.82) is 0 Å². The van der Waals surface area contributed by atoms with Gasteiger partial charge in [-0.25, -0.2) is 4.98 Å². The van der Waals surface area contributed by atoms with Gasteiger partial charge in [0.15, 0.2) is 0 Å². The fraction of sp³-hybridized carbons (Fsp3) is 0.789. The van der Waals surface area contributed by atoms with E-state index < -0.39 is 0 Å². The van der Waals surface area contributed by atoms with Gasteiger partial charge in [0.2, 0.25) is 5.91 Å². The Hall–Kier alpha value is -1.32. The number of aromatic amines is 1. The average molecular weight is 315 g/mol. The first-order chi connectivity index (χ1) is 10.7. The molecule has 1 amide bonds. The largest absolute Gasteiger partial charge is 0.345 e. The van der Waals surface area contributed by atoms with Gasteiger partial charge in [-0.3, -0.25) is 4.79 Å². The summed E-state index contributed by atoms with van der Waals surface area (Å²) in [6.45, 7) is 7.44. The van der Waals surface area contributed by atoms with Crippen LogP contribution in [0.5, 0.6) is 0 Å². The molecule has 5 rings (SSSR count). The Bertz CT molecular complexity index is 631. The van der Waals surface area contributed by atoms with Gasteiger partial charge in [-0.2, -0.15) is 0 Å². The van der Waals surface area contributed by atoms with Crippen molar-refractivity contribution in [3.05, 3.63) is 17.7 Å². The first-order valence-corrected chi connectivity index (χ1v) is 8.97. The Morgan fingerprint density at radius 3 is 2.43 bits per heavy atom. The summed E-state index contributed by atoms with van der Waals surface area (Å²) in [4.78, 5) is 22.9. The predicted octanol–water partition coefficient (Wildman–Crippen LogP) is 3.67. The van der Waals surface area contributed by atoms with E-state index in [0.717, 1.165) is 36.7 Å². The van der Waals surface area contributed by atoms with Crippen molar-refractivity contribution in [2.45, 2.75) is 65.8 Å². The van der Waals surface area contributed by atoms with E-state index in [1.54, 1.807) is 0 Å². The average Bonchev–Trinajstić information content (AvgIpc) is 2.79. The molecule has 2 unspecified atom stereocenters. The zero-order valence-electron chi connectivity index (χ0n) is 14.9. The highest BCUT2D eigenvalue weighted by Crippen LogP contribution is 2.69. The number of amides is 1. The van der Waals surface area contributed by atoms with Crippen LogP contribution in [0.3, 0.4) is 0 Å². The van der Waals surface area contributed by atoms with Crippen molar-refractivity contribution >= 4 is 5.91 Å². The molecule has 0 radical (unpaired) electrons. The minimum Gasteiger partial charge on any atom is -0.345 e. The zero-order valence-corrected chi connectivity index (χ0v) is 14.9. The molecule has 0 saturated heterocycles.